The smallest absolute Gasteiger partial charge is 0.145 e. The Hall–Kier alpha value is -1.21. The number of nitrogens with zero attached hydrogens (tertiary/aromatic N) is 3. The zero-order valence-electron chi connectivity index (χ0n) is 11.3. The number of aromatic nitrogens is 2. The second-order valence-corrected chi connectivity index (χ2v) is 5.58. The highest BCUT2D eigenvalue weighted by Crippen LogP contribution is 2.27. The van der Waals surface area contributed by atoms with Gasteiger partial charge in [-0.1, -0.05) is 30.3 Å². The highest BCUT2D eigenvalue weighted by Gasteiger charge is 2.13. The predicted molar refractivity (Wildman–Crippen MR) is 87.1 cm³/mol. The number of hydrogen-bond donors (Lipinski definition) is 1. The van der Waals surface area contributed by atoms with Gasteiger partial charge in [-0.2, -0.15) is 0 Å². The standard InChI is InChI=1S/C14H17IN4/c1-16-14-12(15)13(10-7-5-4-6-8-10)17-11(18-14)9-19(2)3/h4-8H,9H2,1-3H3,(H,16,17,18). The fourth-order valence-corrected chi connectivity index (χ4v) is 2.62. The Morgan fingerprint density at radius 1 is 1.16 bits per heavy atom. The van der Waals surface area contributed by atoms with Crippen LogP contribution < -0.4 is 5.32 Å². The molecule has 0 aliphatic carbocycles. The first-order chi connectivity index (χ1) is 9.11. The Balaban J connectivity index is 2.52. The third kappa shape index (κ3) is 3.42. The van der Waals surface area contributed by atoms with Crippen LogP contribution in [0.3, 0.4) is 0 Å². The van der Waals surface area contributed by atoms with Gasteiger partial charge >= 0.3 is 0 Å². The number of anilines is 1. The van der Waals surface area contributed by atoms with Crippen molar-refractivity contribution < 1.29 is 0 Å². The summed E-state index contributed by atoms with van der Waals surface area (Å²) in [7, 11) is 5.92. The van der Waals surface area contributed by atoms with E-state index in [1.165, 1.54) is 0 Å². The molecule has 1 heterocycles. The topological polar surface area (TPSA) is 41.1 Å². The van der Waals surface area contributed by atoms with Crippen molar-refractivity contribution in [2.75, 3.05) is 26.5 Å². The molecule has 0 atom stereocenters. The molecule has 5 heteroatoms. The highest BCUT2D eigenvalue weighted by atomic mass is 127. The van der Waals surface area contributed by atoms with E-state index in [-0.39, 0.29) is 0 Å². The molecule has 2 aromatic rings. The van der Waals surface area contributed by atoms with Crippen molar-refractivity contribution in [1.29, 1.82) is 0 Å². The number of halogens is 1. The van der Waals surface area contributed by atoms with Crippen LogP contribution in [0.15, 0.2) is 30.3 Å². The number of nitrogens with one attached hydrogen (secondary N) is 1. The van der Waals surface area contributed by atoms with Crippen LogP contribution in [0.4, 0.5) is 5.82 Å². The van der Waals surface area contributed by atoms with Crippen molar-refractivity contribution in [3.8, 4) is 11.3 Å². The van der Waals surface area contributed by atoms with Crippen LogP contribution in [0.2, 0.25) is 0 Å². The molecular weight excluding hydrogens is 351 g/mol. The zero-order valence-corrected chi connectivity index (χ0v) is 13.5. The van der Waals surface area contributed by atoms with Gasteiger partial charge in [-0.05, 0) is 36.7 Å². The first-order valence-corrected chi connectivity index (χ1v) is 7.14. The van der Waals surface area contributed by atoms with E-state index < -0.39 is 0 Å². The van der Waals surface area contributed by atoms with E-state index in [4.69, 9.17) is 4.98 Å². The van der Waals surface area contributed by atoms with E-state index in [1.54, 1.807) is 0 Å². The van der Waals surface area contributed by atoms with Crippen LogP contribution in [-0.2, 0) is 6.54 Å². The third-order valence-corrected chi connectivity index (χ3v) is 3.66. The summed E-state index contributed by atoms with van der Waals surface area (Å²) in [5, 5.41) is 3.14. The lowest BCUT2D eigenvalue weighted by atomic mass is 10.1. The summed E-state index contributed by atoms with van der Waals surface area (Å²) in [6.07, 6.45) is 0. The van der Waals surface area contributed by atoms with Gasteiger partial charge in [0.1, 0.15) is 11.6 Å². The molecule has 0 radical (unpaired) electrons. The second kappa shape index (κ2) is 6.29. The van der Waals surface area contributed by atoms with Crippen molar-refractivity contribution in [3.63, 3.8) is 0 Å². The van der Waals surface area contributed by atoms with E-state index in [1.807, 2.05) is 39.3 Å². The van der Waals surface area contributed by atoms with E-state index in [9.17, 15) is 0 Å². The van der Waals surface area contributed by atoms with Crippen molar-refractivity contribution in [1.82, 2.24) is 14.9 Å². The first kappa shape index (κ1) is 14.2. The summed E-state index contributed by atoms with van der Waals surface area (Å²) in [5.74, 6) is 1.71. The van der Waals surface area contributed by atoms with E-state index >= 15 is 0 Å². The van der Waals surface area contributed by atoms with Crippen molar-refractivity contribution in [2.24, 2.45) is 0 Å². The summed E-state index contributed by atoms with van der Waals surface area (Å²) in [4.78, 5) is 11.3. The van der Waals surface area contributed by atoms with Crippen LogP contribution >= 0.6 is 22.6 Å². The quantitative estimate of drug-likeness (QED) is 0.843. The molecule has 0 unspecified atom stereocenters. The van der Waals surface area contributed by atoms with Crippen molar-refractivity contribution in [2.45, 2.75) is 6.54 Å². The molecular formula is C14H17IN4. The lowest BCUT2D eigenvalue weighted by Gasteiger charge is -2.13. The minimum absolute atomic E-state index is 0.728. The number of rotatable bonds is 4. The van der Waals surface area contributed by atoms with Gasteiger partial charge in [-0.25, -0.2) is 9.97 Å². The van der Waals surface area contributed by atoms with Gasteiger partial charge in [0.2, 0.25) is 0 Å². The van der Waals surface area contributed by atoms with E-state index in [0.29, 0.717) is 0 Å². The maximum atomic E-state index is 4.69. The Bertz CT molecular complexity index is 555. The lowest BCUT2D eigenvalue weighted by molar-refractivity contribution is 0.390. The van der Waals surface area contributed by atoms with Crippen molar-refractivity contribution >= 4 is 28.4 Å². The average molecular weight is 368 g/mol. The predicted octanol–water partition coefficient (Wildman–Crippen LogP) is 2.85. The van der Waals surface area contributed by atoms with Gasteiger partial charge in [0, 0.05) is 12.6 Å². The van der Waals surface area contributed by atoms with Crippen molar-refractivity contribution in [3.05, 3.63) is 39.7 Å². The molecule has 0 spiro atoms. The van der Waals surface area contributed by atoms with Crippen LogP contribution in [0.25, 0.3) is 11.3 Å². The monoisotopic (exact) mass is 368 g/mol. The molecule has 0 aliphatic rings. The first-order valence-electron chi connectivity index (χ1n) is 6.06. The second-order valence-electron chi connectivity index (χ2n) is 4.50. The normalized spacial score (nSPS) is 10.8. The Kier molecular flexibility index (Phi) is 4.71. The number of benzene rings is 1. The van der Waals surface area contributed by atoms with Gasteiger partial charge in [0.05, 0.1) is 15.8 Å². The summed E-state index contributed by atoms with van der Waals surface area (Å²) >= 11 is 2.29. The molecule has 2 rings (SSSR count). The van der Waals surface area contributed by atoms with Crippen LogP contribution in [0.1, 0.15) is 5.82 Å². The summed E-state index contributed by atoms with van der Waals surface area (Å²) < 4.78 is 1.05. The molecule has 0 bridgehead atoms. The molecule has 0 fully saturated rings. The molecule has 0 aliphatic heterocycles. The summed E-state index contributed by atoms with van der Waals surface area (Å²) in [5.41, 5.74) is 2.10. The number of hydrogen-bond acceptors (Lipinski definition) is 4. The van der Waals surface area contributed by atoms with Crippen LogP contribution in [0, 0.1) is 3.57 Å². The molecule has 100 valence electrons. The summed E-state index contributed by atoms with van der Waals surface area (Å²) in [6, 6.07) is 10.2. The minimum atomic E-state index is 0.728. The van der Waals surface area contributed by atoms with Crippen LogP contribution in [0.5, 0.6) is 0 Å². The average Bonchev–Trinajstić information content (AvgIpc) is 2.41. The molecule has 19 heavy (non-hydrogen) atoms. The van der Waals surface area contributed by atoms with Gasteiger partial charge < -0.3 is 10.2 Å². The third-order valence-electron chi connectivity index (χ3n) is 2.64. The molecule has 1 aromatic carbocycles. The van der Waals surface area contributed by atoms with E-state index in [2.05, 4.69) is 49.9 Å². The SMILES string of the molecule is CNc1nc(CN(C)C)nc(-c2ccccc2)c1I. The fraction of sp³-hybridized carbons (Fsp3) is 0.286. The van der Waals surface area contributed by atoms with E-state index in [0.717, 1.165) is 33.0 Å². The highest BCUT2D eigenvalue weighted by molar-refractivity contribution is 14.1. The molecule has 4 nitrogen and oxygen atoms in total. The molecule has 1 N–H and O–H groups in total. The largest absolute Gasteiger partial charge is 0.372 e. The van der Waals surface area contributed by atoms with Crippen LogP contribution in [-0.4, -0.2) is 36.0 Å². The zero-order chi connectivity index (χ0) is 13.8. The lowest BCUT2D eigenvalue weighted by Crippen LogP contribution is -2.15. The molecule has 1 aromatic heterocycles. The fourth-order valence-electron chi connectivity index (χ4n) is 1.80. The Morgan fingerprint density at radius 3 is 2.42 bits per heavy atom. The molecule has 0 amide bonds. The Labute approximate surface area is 127 Å². The summed E-state index contributed by atoms with van der Waals surface area (Å²) in [6.45, 7) is 0.728. The van der Waals surface area contributed by atoms with Gasteiger partial charge in [0.25, 0.3) is 0 Å². The van der Waals surface area contributed by atoms with Gasteiger partial charge in [-0.3, -0.25) is 0 Å². The maximum absolute atomic E-state index is 4.69. The van der Waals surface area contributed by atoms with Gasteiger partial charge in [-0.15, -0.1) is 0 Å². The molecule has 0 saturated carbocycles. The maximum Gasteiger partial charge on any atom is 0.145 e. The minimum Gasteiger partial charge on any atom is -0.372 e. The Morgan fingerprint density at radius 2 is 1.84 bits per heavy atom. The van der Waals surface area contributed by atoms with Gasteiger partial charge in [0.15, 0.2) is 0 Å². The molecule has 0 saturated heterocycles.